The molecule has 0 bridgehead atoms. The largest absolute Gasteiger partial charge is 0.352 e. The fourth-order valence-corrected chi connectivity index (χ4v) is 5.63. The lowest BCUT2D eigenvalue weighted by molar-refractivity contribution is -0.141. The summed E-state index contributed by atoms with van der Waals surface area (Å²) in [5, 5.41) is 3.02. The van der Waals surface area contributed by atoms with E-state index >= 15 is 0 Å². The van der Waals surface area contributed by atoms with Gasteiger partial charge in [0.1, 0.15) is 11.9 Å². The second-order valence-electron chi connectivity index (χ2n) is 10.4. The van der Waals surface area contributed by atoms with E-state index in [1.807, 2.05) is 63.2 Å². The van der Waals surface area contributed by atoms with Crippen LogP contribution in [0, 0.1) is 12.7 Å². The fourth-order valence-electron chi connectivity index (χ4n) is 4.61. The number of para-hydroxylation sites is 1. The number of carbonyl (C=O) groups excluding carboxylic acids is 2. The first-order valence-electron chi connectivity index (χ1n) is 13.9. The highest BCUT2D eigenvalue weighted by molar-refractivity contribution is 7.92. The Morgan fingerprint density at radius 1 is 0.927 bits per heavy atom. The minimum absolute atomic E-state index is 0.0288. The number of rotatable bonds is 14. The summed E-state index contributed by atoms with van der Waals surface area (Å²) in [4.78, 5) is 29.0. The van der Waals surface area contributed by atoms with Crippen molar-refractivity contribution in [3.8, 4) is 0 Å². The molecule has 2 amide bonds. The molecule has 9 heteroatoms. The number of benzene rings is 3. The quantitative estimate of drug-likeness (QED) is 0.282. The molecule has 0 aliphatic heterocycles. The van der Waals surface area contributed by atoms with Crippen molar-refractivity contribution in [1.29, 1.82) is 0 Å². The van der Waals surface area contributed by atoms with Crippen molar-refractivity contribution < 1.29 is 22.4 Å². The highest BCUT2D eigenvalue weighted by atomic mass is 32.2. The van der Waals surface area contributed by atoms with E-state index in [1.54, 1.807) is 24.3 Å². The van der Waals surface area contributed by atoms with Crippen molar-refractivity contribution in [3.63, 3.8) is 0 Å². The molecule has 0 aliphatic carbocycles. The third-order valence-electron chi connectivity index (χ3n) is 7.07. The van der Waals surface area contributed by atoms with E-state index in [0.717, 1.165) is 23.8 Å². The Hall–Kier alpha value is -3.72. The zero-order valence-corrected chi connectivity index (χ0v) is 25.0. The molecular weight excluding hydrogens is 541 g/mol. The summed E-state index contributed by atoms with van der Waals surface area (Å²) in [6.07, 6.45) is 2.47. The first-order chi connectivity index (χ1) is 19.5. The molecule has 0 spiro atoms. The smallest absolute Gasteiger partial charge is 0.243 e. The number of sulfonamides is 1. The topological polar surface area (TPSA) is 86.8 Å². The molecule has 0 saturated heterocycles. The molecule has 0 aromatic heterocycles. The lowest BCUT2D eigenvalue weighted by Gasteiger charge is -2.33. The van der Waals surface area contributed by atoms with E-state index in [1.165, 1.54) is 21.3 Å². The van der Waals surface area contributed by atoms with Crippen LogP contribution in [0.2, 0.25) is 0 Å². The van der Waals surface area contributed by atoms with Crippen molar-refractivity contribution in [3.05, 3.63) is 101 Å². The summed E-state index contributed by atoms with van der Waals surface area (Å²) in [6.45, 7) is 5.95. The molecule has 3 aromatic rings. The molecule has 2 atom stereocenters. The number of aryl methyl sites for hydroxylation is 1. The maximum Gasteiger partial charge on any atom is 0.243 e. The normalized spacial score (nSPS) is 12.8. The van der Waals surface area contributed by atoms with Crippen LogP contribution in [0.5, 0.6) is 0 Å². The van der Waals surface area contributed by atoms with Gasteiger partial charge >= 0.3 is 0 Å². The predicted molar refractivity (Wildman–Crippen MR) is 161 cm³/mol. The lowest BCUT2D eigenvalue weighted by atomic mass is 10.0. The fraction of sp³-hybridized carbons (Fsp3) is 0.375. The molecule has 0 heterocycles. The van der Waals surface area contributed by atoms with E-state index in [4.69, 9.17) is 0 Å². The van der Waals surface area contributed by atoms with Crippen LogP contribution in [0.4, 0.5) is 10.1 Å². The van der Waals surface area contributed by atoms with Crippen LogP contribution in [-0.2, 0) is 32.6 Å². The number of hydrogen-bond donors (Lipinski definition) is 1. The van der Waals surface area contributed by atoms with Gasteiger partial charge in [0, 0.05) is 32.0 Å². The number of nitrogens with one attached hydrogen (secondary N) is 1. The van der Waals surface area contributed by atoms with Gasteiger partial charge in [0.25, 0.3) is 0 Å². The second-order valence-corrected chi connectivity index (χ2v) is 12.3. The van der Waals surface area contributed by atoms with E-state index in [9.17, 15) is 22.4 Å². The Labute approximate surface area is 243 Å². The molecule has 0 radical (unpaired) electrons. The molecule has 0 aliphatic rings. The van der Waals surface area contributed by atoms with Gasteiger partial charge in [0.15, 0.2) is 0 Å². The zero-order valence-electron chi connectivity index (χ0n) is 24.2. The number of halogens is 1. The standard InChI is InChI=1S/C32H40FN3O4S/c1-5-25(3)34-32(38)30(22-26-13-7-6-8-14-26)35(23-27-17-19-28(33)20-18-27)31(37)16-11-21-36(41(4,39)40)29-15-10-9-12-24(29)2/h6-10,12-15,17-20,25,30H,5,11,16,21-23H2,1-4H3,(H,34,38)/t25-,30-/m0/s1. The predicted octanol–water partition coefficient (Wildman–Crippen LogP) is 5.24. The number of carbonyl (C=O) groups is 2. The van der Waals surface area contributed by atoms with Crippen LogP contribution in [0.15, 0.2) is 78.9 Å². The molecule has 0 saturated carbocycles. The average molecular weight is 582 g/mol. The van der Waals surface area contributed by atoms with Gasteiger partial charge in [-0.15, -0.1) is 0 Å². The Balaban J connectivity index is 1.89. The summed E-state index contributed by atoms with van der Waals surface area (Å²) in [6, 6.07) is 21.7. The van der Waals surface area contributed by atoms with Gasteiger partial charge in [0.2, 0.25) is 21.8 Å². The van der Waals surface area contributed by atoms with Crippen molar-refractivity contribution in [2.45, 2.75) is 65.1 Å². The van der Waals surface area contributed by atoms with Crippen LogP contribution < -0.4 is 9.62 Å². The van der Waals surface area contributed by atoms with Gasteiger partial charge in [-0.1, -0.05) is 67.6 Å². The molecule has 0 fully saturated rings. The van der Waals surface area contributed by atoms with Crippen molar-refractivity contribution in [2.75, 3.05) is 17.1 Å². The van der Waals surface area contributed by atoms with E-state index in [2.05, 4.69) is 5.32 Å². The molecule has 220 valence electrons. The molecule has 3 aromatic carbocycles. The lowest BCUT2D eigenvalue weighted by Crippen LogP contribution is -2.52. The van der Waals surface area contributed by atoms with E-state index in [0.29, 0.717) is 17.7 Å². The zero-order chi connectivity index (χ0) is 30.0. The molecule has 7 nitrogen and oxygen atoms in total. The van der Waals surface area contributed by atoms with Gasteiger partial charge in [-0.25, -0.2) is 12.8 Å². The van der Waals surface area contributed by atoms with E-state index < -0.39 is 16.1 Å². The molecular formula is C32H40FN3O4S. The Morgan fingerprint density at radius 3 is 2.17 bits per heavy atom. The van der Waals surface area contributed by atoms with Gasteiger partial charge in [-0.05, 0) is 61.6 Å². The number of hydrogen-bond acceptors (Lipinski definition) is 4. The van der Waals surface area contributed by atoms with Gasteiger partial charge in [-0.3, -0.25) is 13.9 Å². The third kappa shape index (κ3) is 9.42. The first kappa shape index (κ1) is 31.8. The minimum Gasteiger partial charge on any atom is -0.352 e. The maximum absolute atomic E-state index is 13.8. The van der Waals surface area contributed by atoms with E-state index in [-0.39, 0.29) is 49.6 Å². The van der Waals surface area contributed by atoms with Gasteiger partial charge in [0.05, 0.1) is 11.9 Å². The van der Waals surface area contributed by atoms with Crippen LogP contribution in [0.25, 0.3) is 0 Å². The monoisotopic (exact) mass is 581 g/mol. The van der Waals surface area contributed by atoms with Gasteiger partial charge in [-0.2, -0.15) is 0 Å². The number of amides is 2. The third-order valence-corrected chi connectivity index (χ3v) is 8.25. The average Bonchev–Trinajstić information content (AvgIpc) is 2.94. The highest BCUT2D eigenvalue weighted by Crippen LogP contribution is 2.23. The molecule has 0 unspecified atom stereocenters. The van der Waals surface area contributed by atoms with Crippen LogP contribution in [0.3, 0.4) is 0 Å². The van der Waals surface area contributed by atoms with Crippen LogP contribution >= 0.6 is 0 Å². The summed E-state index contributed by atoms with van der Waals surface area (Å²) < 4.78 is 40.2. The Bertz CT molecular complexity index is 1400. The van der Waals surface area contributed by atoms with Crippen LogP contribution in [0.1, 0.15) is 49.8 Å². The summed E-state index contributed by atoms with van der Waals surface area (Å²) in [7, 11) is -3.59. The molecule has 41 heavy (non-hydrogen) atoms. The molecule has 3 rings (SSSR count). The van der Waals surface area contributed by atoms with Gasteiger partial charge < -0.3 is 10.2 Å². The van der Waals surface area contributed by atoms with Crippen molar-refractivity contribution >= 4 is 27.5 Å². The first-order valence-corrected chi connectivity index (χ1v) is 15.8. The number of anilines is 1. The maximum atomic E-state index is 13.8. The van der Waals surface area contributed by atoms with Crippen LogP contribution in [-0.4, -0.2) is 50.0 Å². The van der Waals surface area contributed by atoms with Crippen molar-refractivity contribution in [2.24, 2.45) is 0 Å². The highest BCUT2D eigenvalue weighted by Gasteiger charge is 2.31. The summed E-state index contributed by atoms with van der Waals surface area (Å²) in [5.41, 5.74) is 2.97. The second kappa shape index (κ2) is 14.8. The summed E-state index contributed by atoms with van der Waals surface area (Å²) >= 11 is 0. The SMILES string of the molecule is CC[C@H](C)NC(=O)[C@H](Cc1ccccc1)N(Cc1ccc(F)cc1)C(=O)CCCN(c1ccccc1C)S(C)(=O)=O. The Kier molecular flexibility index (Phi) is 11.5. The summed E-state index contributed by atoms with van der Waals surface area (Å²) in [5.74, 6) is -0.942. The minimum atomic E-state index is -3.59. The Morgan fingerprint density at radius 2 is 1.56 bits per heavy atom. The van der Waals surface area contributed by atoms with Crippen molar-refractivity contribution in [1.82, 2.24) is 10.2 Å². The number of nitrogens with zero attached hydrogens (tertiary/aromatic N) is 2. The molecule has 1 N–H and O–H groups in total.